The summed E-state index contributed by atoms with van der Waals surface area (Å²) in [6.07, 6.45) is 0. The Morgan fingerprint density at radius 3 is 2.74 bits per heavy atom. The molecule has 1 aromatic rings. The third kappa shape index (κ3) is 3.97. The van der Waals surface area contributed by atoms with Crippen molar-refractivity contribution >= 4 is 46.6 Å². The highest BCUT2D eigenvalue weighted by atomic mass is 127. The number of carbonyl (C=O) groups excluding carboxylic acids is 1. The van der Waals surface area contributed by atoms with Crippen LogP contribution in [-0.2, 0) is 4.79 Å². The SMILES string of the molecule is COc1ccc(I)c(NC(=O)C(C)C2CNC2)c1.Cl. The average Bonchev–Trinajstić information content (AvgIpc) is 2.29. The Morgan fingerprint density at radius 1 is 1.53 bits per heavy atom. The van der Waals surface area contributed by atoms with E-state index >= 15 is 0 Å². The molecule has 2 N–H and O–H groups in total. The van der Waals surface area contributed by atoms with Crippen LogP contribution in [-0.4, -0.2) is 26.1 Å². The minimum absolute atomic E-state index is 0. The fraction of sp³-hybridized carbons (Fsp3) is 0.462. The molecule has 0 saturated carbocycles. The zero-order chi connectivity index (χ0) is 13.1. The van der Waals surface area contributed by atoms with E-state index in [1.54, 1.807) is 7.11 Å². The van der Waals surface area contributed by atoms with Gasteiger partial charge in [-0.2, -0.15) is 0 Å². The van der Waals surface area contributed by atoms with E-state index in [2.05, 4.69) is 33.2 Å². The van der Waals surface area contributed by atoms with E-state index in [0.29, 0.717) is 5.92 Å². The number of rotatable bonds is 4. The molecule has 0 aliphatic carbocycles. The van der Waals surface area contributed by atoms with Gasteiger partial charge in [0.2, 0.25) is 5.91 Å². The van der Waals surface area contributed by atoms with E-state index in [4.69, 9.17) is 4.74 Å². The van der Waals surface area contributed by atoms with Crippen LogP contribution in [0.5, 0.6) is 5.75 Å². The summed E-state index contributed by atoms with van der Waals surface area (Å²) in [5.74, 6) is 1.32. The molecule has 106 valence electrons. The molecule has 4 nitrogen and oxygen atoms in total. The average molecular weight is 397 g/mol. The predicted molar refractivity (Wildman–Crippen MR) is 87.1 cm³/mol. The summed E-state index contributed by atoms with van der Waals surface area (Å²) in [6.45, 7) is 3.85. The third-order valence-electron chi connectivity index (χ3n) is 3.37. The first-order chi connectivity index (χ1) is 8.61. The summed E-state index contributed by atoms with van der Waals surface area (Å²) in [6, 6.07) is 5.67. The quantitative estimate of drug-likeness (QED) is 0.769. The van der Waals surface area contributed by atoms with Gasteiger partial charge >= 0.3 is 0 Å². The molecule has 1 aliphatic rings. The maximum atomic E-state index is 12.1. The molecular weight excluding hydrogens is 379 g/mol. The summed E-state index contributed by atoms with van der Waals surface area (Å²) in [5.41, 5.74) is 0.819. The zero-order valence-corrected chi connectivity index (χ0v) is 13.9. The van der Waals surface area contributed by atoms with E-state index in [1.165, 1.54) is 0 Å². The van der Waals surface area contributed by atoms with Gasteiger partial charge in [-0.05, 0) is 53.7 Å². The highest BCUT2D eigenvalue weighted by Gasteiger charge is 2.28. The first-order valence-corrected chi connectivity index (χ1v) is 7.05. The van der Waals surface area contributed by atoms with Crippen molar-refractivity contribution in [3.05, 3.63) is 21.8 Å². The molecule has 1 unspecified atom stereocenters. The molecule has 6 heteroatoms. The van der Waals surface area contributed by atoms with Crippen molar-refractivity contribution in [1.29, 1.82) is 0 Å². The Labute approximate surface area is 133 Å². The molecule has 1 atom stereocenters. The molecule has 0 bridgehead atoms. The van der Waals surface area contributed by atoms with Crippen molar-refractivity contribution < 1.29 is 9.53 Å². The minimum atomic E-state index is 0. The van der Waals surface area contributed by atoms with Gasteiger partial charge in [0.25, 0.3) is 0 Å². The lowest BCUT2D eigenvalue weighted by Gasteiger charge is -2.31. The number of ether oxygens (including phenoxy) is 1. The summed E-state index contributed by atoms with van der Waals surface area (Å²) in [5, 5.41) is 6.17. The minimum Gasteiger partial charge on any atom is -0.497 e. The van der Waals surface area contributed by atoms with Crippen LogP contribution in [0.2, 0.25) is 0 Å². The Morgan fingerprint density at radius 2 is 2.21 bits per heavy atom. The van der Waals surface area contributed by atoms with Gasteiger partial charge in [0.05, 0.1) is 12.8 Å². The Hall–Kier alpha value is -0.530. The molecule has 0 radical (unpaired) electrons. The van der Waals surface area contributed by atoms with Crippen LogP contribution in [0, 0.1) is 15.4 Å². The Balaban J connectivity index is 0.00000180. The summed E-state index contributed by atoms with van der Waals surface area (Å²) >= 11 is 2.21. The van der Waals surface area contributed by atoms with Crippen LogP contribution in [0.4, 0.5) is 5.69 Å². The zero-order valence-electron chi connectivity index (χ0n) is 10.9. The predicted octanol–water partition coefficient (Wildman–Crippen LogP) is 2.52. The topological polar surface area (TPSA) is 50.4 Å². The first kappa shape index (κ1) is 16.5. The fourth-order valence-corrected chi connectivity index (χ4v) is 2.32. The number of methoxy groups -OCH3 is 1. The van der Waals surface area contributed by atoms with Crippen molar-refractivity contribution in [3.8, 4) is 5.75 Å². The fourth-order valence-electron chi connectivity index (χ4n) is 1.85. The van der Waals surface area contributed by atoms with Crippen LogP contribution < -0.4 is 15.4 Å². The van der Waals surface area contributed by atoms with E-state index in [9.17, 15) is 4.79 Å². The number of anilines is 1. The monoisotopic (exact) mass is 396 g/mol. The van der Waals surface area contributed by atoms with Gasteiger partial charge in [0, 0.05) is 15.6 Å². The number of carbonyl (C=O) groups is 1. The standard InChI is InChI=1S/C13H17IN2O2.ClH/c1-8(9-6-15-7-9)13(17)16-12-5-10(18-2)3-4-11(12)14;/h3-5,8-9,15H,6-7H2,1-2H3,(H,16,17);1H. The van der Waals surface area contributed by atoms with Crippen LogP contribution in [0.25, 0.3) is 0 Å². The maximum Gasteiger partial charge on any atom is 0.227 e. The number of hydrogen-bond donors (Lipinski definition) is 2. The lowest BCUT2D eigenvalue weighted by atomic mass is 9.88. The Bertz CT molecular complexity index is 452. The van der Waals surface area contributed by atoms with Crippen molar-refractivity contribution in [3.63, 3.8) is 0 Å². The lowest BCUT2D eigenvalue weighted by Crippen LogP contribution is -2.48. The molecule has 19 heavy (non-hydrogen) atoms. The Kier molecular flexibility index (Phi) is 6.35. The summed E-state index contributed by atoms with van der Waals surface area (Å²) in [7, 11) is 1.62. The van der Waals surface area contributed by atoms with Gasteiger partial charge in [-0.15, -0.1) is 12.4 Å². The number of hydrogen-bond acceptors (Lipinski definition) is 3. The molecule has 1 fully saturated rings. The van der Waals surface area contributed by atoms with Gasteiger partial charge in [0.1, 0.15) is 5.75 Å². The molecule has 1 heterocycles. The molecule has 0 spiro atoms. The number of amides is 1. The molecular formula is C13H18ClIN2O2. The first-order valence-electron chi connectivity index (χ1n) is 5.97. The number of benzene rings is 1. The van der Waals surface area contributed by atoms with Gasteiger partial charge in [-0.1, -0.05) is 6.92 Å². The summed E-state index contributed by atoms with van der Waals surface area (Å²) < 4.78 is 6.18. The van der Waals surface area contributed by atoms with Crippen LogP contribution in [0.15, 0.2) is 18.2 Å². The van der Waals surface area contributed by atoms with E-state index in [0.717, 1.165) is 28.1 Å². The van der Waals surface area contributed by atoms with Gasteiger partial charge in [0.15, 0.2) is 0 Å². The second-order valence-corrected chi connectivity index (χ2v) is 5.70. The lowest BCUT2D eigenvalue weighted by molar-refractivity contribution is -0.121. The van der Waals surface area contributed by atoms with Crippen molar-refractivity contribution in [1.82, 2.24) is 5.32 Å². The largest absolute Gasteiger partial charge is 0.497 e. The second-order valence-electron chi connectivity index (χ2n) is 4.54. The smallest absolute Gasteiger partial charge is 0.227 e. The molecule has 0 aromatic heterocycles. The normalized spacial score (nSPS) is 15.9. The summed E-state index contributed by atoms with van der Waals surface area (Å²) in [4.78, 5) is 12.1. The molecule has 2 rings (SSSR count). The van der Waals surface area contributed by atoms with E-state index in [1.807, 2.05) is 25.1 Å². The molecule has 1 amide bonds. The molecule has 1 saturated heterocycles. The highest BCUT2D eigenvalue weighted by molar-refractivity contribution is 14.1. The second kappa shape index (κ2) is 7.31. The highest BCUT2D eigenvalue weighted by Crippen LogP contribution is 2.25. The van der Waals surface area contributed by atoms with Gasteiger partial charge < -0.3 is 15.4 Å². The van der Waals surface area contributed by atoms with Crippen LogP contribution in [0.1, 0.15) is 6.92 Å². The maximum absolute atomic E-state index is 12.1. The molecule has 1 aliphatic heterocycles. The third-order valence-corrected chi connectivity index (χ3v) is 4.31. The van der Waals surface area contributed by atoms with Crippen molar-refractivity contribution in [2.24, 2.45) is 11.8 Å². The van der Waals surface area contributed by atoms with Crippen molar-refractivity contribution in [2.45, 2.75) is 6.92 Å². The molecule has 1 aromatic carbocycles. The van der Waals surface area contributed by atoms with Gasteiger partial charge in [-0.3, -0.25) is 4.79 Å². The van der Waals surface area contributed by atoms with Crippen LogP contribution in [0.3, 0.4) is 0 Å². The van der Waals surface area contributed by atoms with Gasteiger partial charge in [-0.25, -0.2) is 0 Å². The number of nitrogens with one attached hydrogen (secondary N) is 2. The van der Waals surface area contributed by atoms with E-state index in [-0.39, 0.29) is 24.2 Å². The van der Waals surface area contributed by atoms with Crippen LogP contribution >= 0.6 is 35.0 Å². The number of halogens is 2. The van der Waals surface area contributed by atoms with E-state index < -0.39 is 0 Å². The van der Waals surface area contributed by atoms with Crippen molar-refractivity contribution in [2.75, 3.05) is 25.5 Å².